The quantitative estimate of drug-likeness (QED) is 0.364. The van der Waals surface area contributed by atoms with Crippen LogP contribution in [-0.4, -0.2) is 45.9 Å². The molecule has 0 saturated carbocycles. The van der Waals surface area contributed by atoms with E-state index < -0.39 is 13.4 Å². The van der Waals surface area contributed by atoms with Crippen LogP contribution in [0.4, 0.5) is 0 Å². The van der Waals surface area contributed by atoms with Gasteiger partial charge in [-0.15, -0.1) is 0 Å². The maximum absolute atomic E-state index is 7.56. The zero-order chi connectivity index (χ0) is 22.0. The van der Waals surface area contributed by atoms with Crippen molar-refractivity contribution in [2.45, 2.75) is 54.9 Å². The molecule has 0 aliphatic heterocycles. The standard InChI is InChI=1S/C8H12N2O.C3H8.C2H6.2H3O3PS/c1-4-11-8-9-6(2)5-7(3)10-8;1-3-2;1-2;2*1-4(2,3)5/h5H,4H2,1-3H3;3H2,1-2H3;1-2H3;2*(H3,1,2,3,5). The van der Waals surface area contributed by atoms with Gasteiger partial charge in [-0.05, 0) is 50.5 Å². The zero-order valence-corrected chi connectivity index (χ0v) is 19.6. The molecule has 1 aromatic heterocycles. The number of nitrogens with zero attached hydrogens (tertiary/aromatic N) is 2. The van der Waals surface area contributed by atoms with Gasteiger partial charge in [0.2, 0.25) is 0 Å². The number of rotatable bonds is 2. The largest absolute Gasteiger partial charge is 0.464 e. The van der Waals surface area contributed by atoms with Crippen LogP contribution in [0.15, 0.2) is 6.07 Å². The van der Waals surface area contributed by atoms with Crippen LogP contribution < -0.4 is 4.74 Å². The van der Waals surface area contributed by atoms with E-state index in [0.717, 1.165) is 11.4 Å². The van der Waals surface area contributed by atoms with E-state index in [-0.39, 0.29) is 0 Å². The lowest BCUT2D eigenvalue weighted by Crippen LogP contribution is -1.99. The first-order valence-electron chi connectivity index (χ1n) is 7.65. The minimum atomic E-state index is -3.81. The highest BCUT2D eigenvalue weighted by Crippen LogP contribution is 2.26. The van der Waals surface area contributed by atoms with Gasteiger partial charge in [0.05, 0.1) is 6.61 Å². The number of hydrogen-bond donors (Lipinski definition) is 6. The summed E-state index contributed by atoms with van der Waals surface area (Å²) < 4.78 is 5.15. The van der Waals surface area contributed by atoms with Crippen LogP contribution in [0.1, 0.15) is 52.4 Å². The maximum atomic E-state index is 7.56. The summed E-state index contributed by atoms with van der Waals surface area (Å²) in [4.78, 5) is 53.5. The third-order valence-electron chi connectivity index (χ3n) is 1.24. The van der Waals surface area contributed by atoms with Gasteiger partial charge in [-0.3, -0.25) is 0 Å². The van der Waals surface area contributed by atoms with Gasteiger partial charge in [0.1, 0.15) is 0 Å². The maximum Gasteiger partial charge on any atom is 0.319 e. The summed E-state index contributed by atoms with van der Waals surface area (Å²) in [6.45, 7) is 7.03. The molecule has 0 aromatic carbocycles. The molecule has 158 valence electrons. The molecule has 13 heteroatoms. The molecule has 0 saturated heterocycles. The minimum Gasteiger partial charge on any atom is -0.464 e. The molecule has 6 N–H and O–H groups in total. The highest BCUT2D eigenvalue weighted by atomic mass is 32.5. The molecule has 0 bridgehead atoms. The molecule has 0 aliphatic carbocycles. The Morgan fingerprint density at radius 3 is 1.27 bits per heavy atom. The van der Waals surface area contributed by atoms with Crippen molar-refractivity contribution in [3.8, 4) is 6.01 Å². The Balaban J connectivity index is -0.000000137. The molecule has 1 heterocycles. The first-order valence-corrected chi connectivity index (χ1v) is 13.0. The minimum absolute atomic E-state index is 0.477. The Bertz CT molecular complexity index is 482. The van der Waals surface area contributed by atoms with Gasteiger partial charge in [-0.25, -0.2) is 9.97 Å². The smallest absolute Gasteiger partial charge is 0.319 e. The molecule has 0 atom stereocenters. The van der Waals surface area contributed by atoms with Gasteiger partial charge < -0.3 is 34.1 Å². The van der Waals surface area contributed by atoms with Crippen LogP contribution in [-0.2, 0) is 23.6 Å². The van der Waals surface area contributed by atoms with E-state index >= 15 is 0 Å². The molecule has 26 heavy (non-hydrogen) atoms. The second kappa shape index (κ2) is 19.7. The van der Waals surface area contributed by atoms with Crippen LogP contribution in [0, 0.1) is 13.8 Å². The first kappa shape index (κ1) is 33.5. The summed E-state index contributed by atoms with van der Waals surface area (Å²) in [5.74, 6) is 0. The molecule has 0 fully saturated rings. The molecule has 0 amide bonds. The molecule has 0 radical (unpaired) electrons. The SMILES string of the molecule is CC.CCC.CCOc1nc(C)cc(C)n1.OP(O)(O)=S.OP(O)(O)=S. The van der Waals surface area contributed by atoms with Crippen molar-refractivity contribution in [1.29, 1.82) is 0 Å². The van der Waals surface area contributed by atoms with E-state index in [4.69, 9.17) is 34.1 Å². The fourth-order valence-corrected chi connectivity index (χ4v) is 0.887. The van der Waals surface area contributed by atoms with Gasteiger partial charge in [0, 0.05) is 11.4 Å². The topological polar surface area (TPSA) is 156 Å². The normalized spacial score (nSPS) is 9.58. The summed E-state index contributed by atoms with van der Waals surface area (Å²) >= 11 is 7.21. The monoisotopic (exact) mass is 454 g/mol. The Hall–Kier alpha value is -0.0600. The van der Waals surface area contributed by atoms with E-state index in [9.17, 15) is 0 Å². The fourth-order valence-electron chi connectivity index (χ4n) is 0.887. The van der Waals surface area contributed by atoms with Crippen molar-refractivity contribution in [3.63, 3.8) is 0 Å². The lowest BCUT2D eigenvalue weighted by atomic mass is 10.4. The zero-order valence-electron chi connectivity index (χ0n) is 16.2. The van der Waals surface area contributed by atoms with E-state index in [1.165, 1.54) is 6.42 Å². The second-order valence-corrected chi connectivity index (χ2v) is 9.09. The van der Waals surface area contributed by atoms with Crippen molar-refractivity contribution in [2.75, 3.05) is 6.61 Å². The van der Waals surface area contributed by atoms with Gasteiger partial charge >= 0.3 is 19.4 Å². The van der Waals surface area contributed by atoms with Crippen molar-refractivity contribution >= 4 is 37.1 Å². The molecule has 0 aliphatic rings. The van der Waals surface area contributed by atoms with E-state index in [1.807, 2.05) is 40.7 Å². The van der Waals surface area contributed by atoms with Crippen LogP contribution in [0.25, 0.3) is 0 Å². The first-order chi connectivity index (χ1) is 11.6. The van der Waals surface area contributed by atoms with Crippen molar-refractivity contribution in [2.24, 2.45) is 0 Å². The van der Waals surface area contributed by atoms with Crippen molar-refractivity contribution < 1.29 is 34.1 Å². The average molecular weight is 454 g/mol. The van der Waals surface area contributed by atoms with Crippen LogP contribution >= 0.6 is 13.4 Å². The predicted octanol–water partition coefficient (Wildman–Crippen LogP) is 2.31. The summed E-state index contributed by atoms with van der Waals surface area (Å²) in [7, 11) is 0. The Kier molecular flexibility index (Phi) is 25.4. The Labute approximate surface area is 166 Å². The molecule has 1 aromatic rings. The number of ether oxygens (including phenoxy) is 1. The molecular formula is C13H32N2O7P2S2. The van der Waals surface area contributed by atoms with Crippen molar-refractivity contribution in [3.05, 3.63) is 17.5 Å². The average Bonchev–Trinajstić information content (AvgIpc) is 2.37. The Morgan fingerprint density at radius 1 is 0.846 bits per heavy atom. The van der Waals surface area contributed by atoms with E-state index in [2.05, 4.69) is 47.4 Å². The van der Waals surface area contributed by atoms with Crippen LogP contribution in [0.3, 0.4) is 0 Å². The molecule has 9 nitrogen and oxygen atoms in total. The molecule has 0 spiro atoms. The lowest BCUT2D eigenvalue weighted by molar-refractivity contribution is 0.311. The van der Waals surface area contributed by atoms with Crippen molar-refractivity contribution in [1.82, 2.24) is 9.97 Å². The highest BCUT2D eigenvalue weighted by molar-refractivity contribution is 8.06. The third kappa shape index (κ3) is 56.4. The second-order valence-electron chi connectivity index (χ2n) is 4.10. The molecule has 1 rings (SSSR count). The van der Waals surface area contributed by atoms with E-state index in [0.29, 0.717) is 12.6 Å². The lowest BCUT2D eigenvalue weighted by Gasteiger charge is -2.01. The number of hydrogen-bond acceptors (Lipinski definition) is 5. The van der Waals surface area contributed by atoms with Gasteiger partial charge in [-0.2, -0.15) is 0 Å². The number of aryl methyl sites for hydroxylation is 2. The van der Waals surface area contributed by atoms with Gasteiger partial charge in [0.25, 0.3) is 0 Å². The fraction of sp³-hybridized carbons (Fsp3) is 0.692. The van der Waals surface area contributed by atoms with Gasteiger partial charge in [0.15, 0.2) is 0 Å². The summed E-state index contributed by atoms with van der Waals surface area (Å²) in [6.07, 6.45) is 1.25. The molecule has 0 unspecified atom stereocenters. The van der Waals surface area contributed by atoms with Gasteiger partial charge in [-0.1, -0.05) is 34.1 Å². The summed E-state index contributed by atoms with van der Waals surface area (Å²) in [5.41, 5.74) is 1.89. The van der Waals surface area contributed by atoms with Crippen LogP contribution in [0.5, 0.6) is 6.01 Å². The van der Waals surface area contributed by atoms with E-state index in [1.54, 1.807) is 0 Å². The summed E-state index contributed by atoms with van der Waals surface area (Å²) in [6, 6.07) is 2.40. The Morgan fingerprint density at radius 2 is 1.08 bits per heavy atom. The predicted molar refractivity (Wildman–Crippen MR) is 112 cm³/mol. The van der Waals surface area contributed by atoms with Crippen LogP contribution in [0.2, 0.25) is 0 Å². The summed E-state index contributed by atoms with van der Waals surface area (Å²) in [5, 5.41) is 0. The third-order valence-corrected chi connectivity index (χ3v) is 1.24. The highest BCUT2D eigenvalue weighted by Gasteiger charge is 1.97. The number of aromatic nitrogens is 2. The molecular weight excluding hydrogens is 422 g/mol.